The molecule has 8 nitrogen and oxygen atoms in total. The summed E-state index contributed by atoms with van der Waals surface area (Å²) in [4.78, 5) is 19.5. The molecular weight excluding hydrogens is 496 g/mol. The van der Waals surface area contributed by atoms with Crippen molar-refractivity contribution in [3.8, 4) is 11.3 Å². The number of imidazole rings is 1. The second-order valence-corrected chi connectivity index (χ2v) is 9.46. The maximum absolute atomic E-state index is 12.9. The van der Waals surface area contributed by atoms with Crippen LogP contribution in [0.5, 0.6) is 0 Å². The Kier molecular flexibility index (Phi) is 5.95. The van der Waals surface area contributed by atoms with Crippen LogP contribution >= 0.6 is 15.9 Å². The second kappa shape index (κ2) is 9.06. The number of ether oxygens (including phenoxy) is 1. The highest BCUT2D eigenvalue weighted by Crippen LogP contribution is 2.29. The summed E-state index contributed by atoms with van der Waals surface area (Å²) in [6.07, 6.45) is 4.44. The Hall–Kier alpha value is -3.46. The summed E-state index contributed by atoms with van der Waals surface area (Å²) < 4.78 is 10.3. The number of pyridine rings is 1. The van der Waals surface area contributed by atoms with Crippen molar-refractivity contribution in [2.24, 2.45) is 13.0 Å². The molecule has 0 spiro atoms. The molecule has 9 heteroatoms. The number of nitrogens with zero attached hydrogens (tertiary/aromatic N) is 5. The Morgan fingerprint density at radius 3 is 2.94 bits per heavy atom. The van der Waals surface area contributed by atoms with Crippen LogP contribution in [-0.4, -0.2) is 39.8 Å². The summed E-state index contributed by atoms with van der Waals surface area (Å²) in [5, 5.41) is 4.59. The summed E-state index contributed by atoms with van der Waals surface area (Å²) in [7, 11) is 1.97. The first-order chi connectivity index (χ1) is 16.4. The Morgan fingerprint density at radius 1 is 1.26 bits per heavy atom. The molecule has 1 aliphatic rings. The van der Waals surface area contributed by atoms with E-state index in [2.05, 4.69) is 43.9 Å². The minimum atomic E-state index is -0.329. The molecule has 1 fully saturated rings. The van der Waals surface area contributed by atoms with Gasteiger partial charge in [0.1, 0.15) is 0 Å². The van der Waals surface area contributed by atoms with Crippen LogP contribution in [0.15, 0.2) is 65.4 Å². The average molecular weight is 522 g/mol. The van der Waals surface area contributed by atoms with Crippen LogP contribution in [0.2, 0.25) is 0 Å². The molecule has 0 radical (unpaired) electrons. The lowest BCUT2D eigenvalue weighted by Crippen LogP contribution is -2.43. The number of halogens is 1. The maximum Gasteiger partial charge on any atom is 0.338 e. The number of anilines is 2. The van der Waals surface area contributed by atoms with Gasteiger partial charge in [0.05, 0.1) is 42.0 Å². The first kappa shape index (κ1) is 22.3. The molecule has 34 heavy (non-hydrogen) atoms. The number of rotatable bonds is 5. The standard InChI is InChI=1S/C25H25BrN6O2/c1-16-19(9-11-31(16)23-8-4-7-22(27)30(23)2)15-34-25(33)18-6-3-5-17(13-18)21-14-20(26)24-28-10-12-32(24)29-21/h3-8,10,12-14,16,19,27H,9,11,15H2,1-2H3/p+1. The molecule has 4 aromatic rings. The number of hydrogen-bond acceptors (Lipinski definition) is 6. The predicted octanol–water partition coefficient (Wildman–Crippen LogP) is 3.64. The molecule has 1 aromatic carbocycles. The van der Waals surface area contributed by atoms with Gasteiger partial charge < -0.3 is 10.5 Å². The van der Waals surface area contributed by atoms with Crippen molar-refractivity contribution in [1.82, 2.24) is 14.6 Å². The minimum Gasteiger partial charge on any atom is -0.462 e. The summed E-state index contributed by atoms with van der Waals surface area (Å²) in [5.74, 6) is 1.70. The van der Waals surface area contributed by atoms with Crippen molar-refractivity contribution in [1.29, 1.82) is 0 Å². The first-order valence-corrected chi connectivity index (χ1v) is 12.0. The summed E-state index contributed by atoms with van der Waals surface area (Å²) in [6.45, 7) is 3.44. The fourth-order valence-corrected chi connectivity index (χ4v) is 5.02. The lowest BCUT2D eigenvalue weighted by Gasteiger charge is -2.23. The number of carbonyl (C=O) groups excluding carboxylic acids is 1. The third-order valence-corrected chi connectivity index (χ3v) is 7.17. The number of carbonyl (C=O) groups is 1. The van der Waals surface area contributed by atoms with E-state index < -0.39 is 0 Å². The Labute approximate surface area is 206 Å². The van der Waals surface area contributed by atoms with Crippen molar-refractivity contribution in [3.05, 3.63) is 71.0 Å². The molecule has 1 aliphatic heterocycles. The highest BCUT2D eigenvalue weighted by Gasteiger charge is 2.36. The van der Waals surface area contributed by atoms with Gasteiger partial charge in [-0.3, -0.25) is 4.90 Å². The lowest BCUT2D eigenvalue weighted by atomic mass is 10.0. The van der Waals surface area contributed by atoms with Gasteiger partial charge in [-0.2, -0.15) is 5.10 Å². The molecule has 2 N–H and O–H groups in total. The largest absolute Gasteiger partial charge is 0.462 e. The van der Waals surface area contributed by atoms with Gasteiger partial charge in [0.2, 0.25) is 11.6 Å². The second-order valence-electron chi connectivity index (χ2n) is 8.60. The quantitative estimate of drug-likeness (QED) is 0.318. The molecule has 1 saturated heterocycles. The van der Waals surface area contributed by atoms with Gasteiger partial charge in [0.15, 0.2) is 5.65 Å². The summed E-state index contributed by atoms with van der Waals surface area (Å²) in [6, 6.07) is 15.4. The van der Waals surface area contributed by atoms with Crippen LogP contribution in [0, 0.1) is 5.92 Å². The van der Waals surface area contributed by atoms with Gasteiger partial charge >= 0.3 is 5.97 Å². The van der Waals surface area contributed by atoms with E-state index in [-0.39, 0.29) is 17.9 Å². The van der Waals surface area contributed by atoms with Crippen molar-refractivity contribution >= 4 is 39.2 Å². The van der Waals surface area contributed by atoms with E-state index in [1.807, 2.05) is 48.0 Å². The van der Waals surface area contributed by atoms with Gasteiger partial charge in [-0.05, 0) is 53.5 Å². The summed E-state index contributed by atoms with van der Waals surface area (Å²) >= 11 is 3.54. The van der Waals surface area contributed by atoms with Crippen LogP contribution in [0.3, 0.4) is 0 Å². The van der Waals surface area contributed by atoms with Crippen LogP contribution in [0.1, 0.15) is 23.7 Å². The van der Waals surface area contributed by atoms with E-state index in [9.17, 15) is 4.79 Å². The number of nitrogen functional groups attached to an aromatic ring is 1. The van der Waals surface area contributed by atoms with E-state index in [1.54, 1.807) is 23.0 Å². The highest BCUT2D eigenvalue weighted by atomic mass is 79.9. The van der Waals surface area contributed by atoms with Gasteiger partial charge in [-0.25, -0.2) is 18.9 Å². The molecule has 0 saturated carbocycles. The third-order valence-electron chi connectivity index (χ3n) is 6.59. The molecular formula is C25H26BrN6O2+. The van der Waals surface area contributed by atoms with E-state index in [4.69, 9.17) is 10.5 Å². The SMILES string of the molecule is CC1C(COC(=O)c2cccc(-c3cc(Br)c4nccn4n3)c2)CCN1c1cccc(N)[n+]1C. The molecule has 0 aliphatic carbocycles. The zero-order chi connectivity index (χ0) is 23.8. The number of fused-ring (bicyclic) bond motifs is 1. The number of esters is 1. The van der Waals surface area contributed by atoms with Crippen molar-refractivity contribution in [3.63, 3.8) is 0 Å². The number of nitrogens with two attached hydrogens (primary N) is 1. The van der Waals surface area contributed by atoms with Gasteiger partial charge in [-0.1, -0.05) is 12.1 Å². The average Bonchev–Trinajstić information content (AvgIpc) is 3.46. The first-order valence-electron chi connectivity index (χ1n) is 11.2. The van der Waals surface area contributed by atoms with E-state index in [0.29, 0.717) is 18.0 Å². The fourth-order valence-electron chi connectivity index (χ4n) is 4.52. The number of benzene rings is 1. The van der Waals surface area contributed by atoms with Crippen molar-refractivity contribution in [2.45, 2.75) is 19.4 Å². The molecule has 2 atom stereocenters. The Balaban J connectivity index is 1.27. The van der Waals surface area contributed by atoms with Gasteiger partial charge in [0.25, 0.3) is 0 Å². The zero-order valence-corrected chi connectivity index (χ0v) is 20.6. The minimum absolute atomic E-state index is 0.232. The van der Waals surface area contributed by atoms with Gasteiger partial charge in [0, 0.05) is 36.0 Å². The molecule has 5 rings (SSSR count). The lowest BCUT2D eigenvalue weighted by molar-refractivity contribution is -0.644. The van der Waals surface area contributed by atoms with Crippen LogP contribution in [0.25, 0.3) is 16.9 Å². The molecule has 3 aromatic heterocycles. The molecule has 0 bridgehead atoms. The molecule has 2 unspecified atom stereocenters. The molecule has 0 amide bonds. The topological polar surface area (TPSA) is 89.6 Å². The Morgan fingerprint density at radius 2 is 2.09 bits per heavy atom. The molecule has 174 valence electrons. The monoisotopic (exact) mass is 521 g/mol. The normalized spacial score (nSPS) is 17.9. The predicted molar refractivity (Wildman–Crippen MR) is 133 cm³/mol. The van der Waals surface area contributed by atoms with Crippen molar-refractivity contribution < 1.29 is 14.1 Å². The van der Waals surface area contributed by atoms with Crippen LogP contribution in [-0.2, 0) is 11.8 Å². The smallest absolute Gasteiger partial charge is 0.338 e. The van der Waals surface area contributed by atoms with Crippen LogP contribution in [0.4, 0.5) is 11.6 Å². The van der Waals surface area contributed by atoms with Gasteiger partial charge in [-0.15, -0.1) is 0 Å². The fraction of sp³-hybridized carbons (Fsp3) is 0.280. The molecule has 4 heterocycles. The number of hydrogen-bond donors (Lipinski definition) is 1. The van der Waals surface area contributed by atoms with E-state index >= 15 is 0 Å². The van der Waals surface area contributed by atoms with E-state index in [1.165, 1.54) is 0 Å². The Bertz CT molecular complexity index is 1370. The van der Waals surface area contributed by atoms with Crippen LogP contribution < -0.4 is 15.2 Å². The zero-order valence-electron chi connectivity index (χ0n) is 19.1. The number of aromatic nitrogens is 4. The maximum atomic E-state index is 12.9. The van der Waals surface area contributed by atoms with E-state index in [0.717, 1.165) is 40.2 Å². The summed E-state index contributed by atoms with van der Waals surface area (Å²) in [5.41, 5.74) is 8.89. The highest BCUT2D eigenvalue weighted by molar-refractivity contribution is 9.10. The third kappa shape index (κ3) is 4.11. The van der Waals surface area contributed by atoms with Crippen molar-refractivity contribution in [2.75, 3.05) is 23.8 Å².